The molecule has 7 aromatic rings. The Kier molecular flexibility index (Phi) is 49.1. The van der Waals surface area contributed by atoms with Crippen LogP contribution in [0.4, 0.5) is 0 Å². The first-order chi connectivity index (χ1) is 57.7. The van der Waals surface area contributed by atoms with E-state index in [-0.39, 0.29) is 0 Å². The molecule has 0 aliphatic carbocycles. The molecule has 0 unspecified atom stereocenters. The molecule has 12 nitrogen and oxygen atoms in total. The molecule has 12 heteroatoms. The van der Waals surface area contributed by atoms with Crippen LogP contribution in [0.1, 0.15) is 361 Å². The predicted molar refractivity (Wildman–Crippen MR) is 499 cm³/mol. The van der Waals surface area contributed by atoms with Crippen molar-refractivity contribution >= 4 is 72.9 Å². The average Bonchev–Trinajstić information content (AvgIpc) is 0.830. The number of rotatable bonds is 66. The van der Waals surface area contributed by atoms with E-state index in [0.717, 1.165) is 217 Å². The van der Waals surface area contributed by atoms with E-state index >= 15 is 0 Å². The Hall–Kier alpha value is -9.03. The van der Waals surface area contributed by atoms with Crippen LogP contribution >= 0.6 is 0 Å². The van der Waals surface area contributed by atoms with Crippen LogP contribution in [0, 0.1) is 0 Å². The summed E-state index contributed by atoms with van der Waals surface area (Å²) < 4.78 is 58.9. The summed E-state index contributed by atoms with van der Waals surface area (Å²) in [5.41, 5.74) is 9.22. The van der Waals surface area contributed by atoms with Crippen LogP contribution in [-0.2, 0) is 0 Å². The SMILES string of the molecule is CCCCCCOc1cc(/C=C/c2ccc(/C=C/c3nc(/C=C/c4ccc(/C=C/c5cc(OCCCCCC)c(OCCCCCC)c(OCCCCCC)c5)cc4)nc(/C=C/c4ccc(/C=C/c5cc(OCCCCCC)c(OCCCCCC)c(OCCCCCC)c5)cc4)n3)cc2)cc(OCCCCCC)c1OCCCCCC. The summed E-state index contributed by atoms with van der Waals surface area (Å²) in [7, 11) is 0. The molecular formula is C105H147N3O9. The molecule has 1 heterocycles. The highest BCUT2D eigenvalue weighted by Gasteiger charge is 2.20. The summed E-state index contributed by atoms with van der Waals surface area (Å²) in [6, 6.07) is 38.2. The summed E-state index contributed by atoms with van der Waals surface area (Å²) in [5, 5.41) is 0. The zero-order valence-corrected chi connectivity index (χ0v) is 73.7. The van der Waals surface area contributed by atoms with E-state index in [0.29, 0.717) is 76.9 Å². The van der Waals surface area contributed by atoms with Gasteiger partial charge in [-0.2, -0.15) is 0 Å². The normalized spacial score (nSPS) is 11.8. The highest BCUT2D eigenvalue weighted by molar-refractivity contribution is 5.78. The third kappa shape index (κ3) is 38.9. The molecule has 0 fully saturated rings. The van der Waals surface area contributed by atoms with Gasteiger partial charge in [0.1, 0.15) is 0 Å². The molecule has 1 aromatic heterocycles. The van der Waals surface area contributed by atoms with Gasteiger partial charge in [0.2, 0.25) is 17.2 Å². The van der Waals surface area contributed by atoms with E-state index < -0.39 is 0 Å². The van der Waals surface area contributed by atoms with Crippen LogP contribution in [0.2, 0.25) is 0 Å². The monoisotopic (exact) mass is 1590 g/mol. The molecule has 0 aliphatic rings. The summed E-state index contributed by atoms with van der Waals surface area (Å²) >= 11 is 0. The molecule has 6 aromatic carbocycles. The fourth-order valence-electron chi connectivity index (χ4n) is 13.4. The fourth-order valence-corrected chi connectivity index (χ4v) is 13.4. The lowest BCUT2D eigenvalue weighted by atomic mass is 10.1. The number of benzene rings is 6. The molecule has 117 heavy (non-hydrogen) atoms. The molecule has 0 saturated heterocycles. The van der Waals surface area contributed by atoms with Gasteiger partial charge in [-0.05, 0) is 162 Å². The Bertz CT molecular complexity index is 3460. The Balaban J connectivity index is 1.16. The Morgan fingerprint density at radius 2 is 0.316 bits per heavy atom. The van der Waals surface area contributed by atoms with Crippen LogP contribution in [0.3, 0.4) is 0 Å². The van der Waals surface area contributed by atoms with Gasteiger partial charge in [0.15, 0.2) is 52.0 Å². The molecule has 0 spiro atoms. The number of hydrogen-bond donors (Lipinski definition) is 0. The Morgan fingerprint density at radius 3 is 0.479 bits per heavy atom. The van der Waals surface area contributed by atoms with Crippen molar-refractivity contribution in [2.75, 3.05) is 59.5 Å². The van der Waals surface area contributed by atoms with Crippen molar-refractivity contribution in [2.24, 2.45) is 0 Å². The number of hydrogen-bond acceptors (Lipinski definition) is 12. The zero-order chi connectivity index (χ0) is 82.6. The van der Waals surface area contributed by atoms with Crippen molar-refractivity contribution < 1.29 is 42.6 Å². The smallest absolute Gasteiger partial charge is 0.203 e. The number of nitrogens with zero attached hydrogens (tertiary/aromatic N) is 3. The van der Waals surface area contributed by atoms with Gasteiger partial charge in [-0.1, -0.05) is 363 Å². The zero-order valence-electron chi connectivity index (χ0n) is 73.7. The van der Waals surface area contributed by atoms with Crippen LogP contribution in [0.15, 0.2) is 109 Å². The first-order valence-electron chi connectivity index (χ1n) is 46.0. The van der Waals surface area contributed by atoms with Crippen LogP contribution in [0.5, 0.6) is 51.7 Å². The van der Waals surface area contributed by atoms with Crippen molar-refractivity contribution in [1.82, 2.24) is 15.0 Å². The minimum atomic E-state index is 0.540. The highest BCUT2D eigenvalue weighted by atomic mass is 16.6. The molecule has 0 aliphatic heterocycles. The average molecular weight is 1600 g/mol. The summed E-state index contributed by atoms with van der Waals surface area (Å²) in [6.07, 6.45) is 65.5. The molecule has 0 saturated carbocycles. The quantitative estimate of drug-likeness (QED) is 0.0266. The summed E-state index contributed by atoms with van der Waals surface area (Å²) in [5.74, 6) is 8.26. The molecule has 636 valence electrons. The number of ether oxygens (including phenoxy) is 9. The van der Waals surface area contributed by atoms with E-state index in [2.05, 4.69) is 226 Å². The van der Waals surface area contributed by atoms with Crippen molar-refractivity contribution in [1.29, 1.82) is 0 Å². The van der Waals surface area contributed by atoms with Crippen molar-refractivity contribution in [3.05, 3.63) is 177 Å². The third-order valence-electron chi connectivity index (χ3n) is 20.6. The third-order valence-corrected chi connectivity index (χ3v) is 20.6. The molecule has 0 radical (unpaired) electrons. The number of aromatic nitrogens is 3. The van der Waals surface area contributed by atoms with Crippen molar-refractivity contribution in [2.45, 2.75) is 293 Å². The number of unbranched alkanes of at least 4 members (excludes halogenated alkanes) is 27. The minimum absolute atomic E-state index is 0.540. The highest BCUT2D eigenvalue weighted by Crippen LogP contribution is 2.43. The standard InChI is InChI=1S/C105H147N3O9/c1-10-19-28-37-70-109-94-79-91(80-95(110-71-38-29-20-11-2)103(94)115-76-43-34-25-16-7)61-58-85-46-52-88(53-47-85)64-67-100-106-101(68-65-89-54-48-86(49-55-89)59-62-92-81-96(111-72-39-30-21-12-3)104(116-77-44-35-26-17-8)97(82-92)112-73-40-31-22-13-4)108-102(107-100)69-66-90-56-50-87(51-57-90)60-63-93-83-98(113-74-41-32-23-14-5)105(117-78-45-36-27-18-9)99(84-93)114-75-42-33-24-15-6/h46-69,79-84H,10-45,70-78H2,1-9H3/b61-58+,62-59+,63-60+,67-64+,68-65+,69-66+. The predicted octanol–water partition coefficient (Wildman–Crippen LogP) is 30.5. The molecule has 0 atom stereocenters. The lowest BCUT2D eigenvalue weighted by molar-refractivity contribution is 0.234. The second-order valence-corrected chi connectivity index (χ2v) is 31.1. The van der Waals surface area contributed by atoms with Gasteiger partial charge < -0.3 is 42.6 Å². The molecule has 0 bridgehead atoms. The van der Waals surface area contributed by atoms with Gasteiger partial charge in [-0.25, -0.2) is 15.0 Å². The van der Waals surface area contributed by atoms with Crippen LogP contribution < -0.4 is 42.6 Å². The van der Waals surface area contributed by atoms with Crippen molar-refractivity contribution in [3.8, 4) is 51.7 Å². The minimum Gasteiger partial charge on any atom is -0.490 e. The molecule has 7 rings (SSSR count). The maximum Gasteiger partial charge on any atom is 0.203 e. The van der Waals surface area contributed by atoms with Gasteiger partial charge in [-0.3, -0.25) is 0 Å². The molecule has 0 amide bonds. The molecular weight excluding hydrogens is 1450 g/mol. The maximum atomic E-state index is 6.55. The summed E-state index contributed by atoms with van der Waals surface area (Å²) in [6.45, 7) is 25.8. The lowest BCUT2D eigenvalue weighted by Crippen LogP contribution is -2.06. The lowest BCUT2D eigenvalue weighted by Gasteiger charge is -2.18. The van der Waals surface area contributed by atoms with Gasteiger partial charge in [0, 0.05) is 0 Å². The molecule has 0 N–H and O–H groups in total. The van der Waals surface area contributed by atoms with E-state index in [1.165, 1.54) is 116 Å². The summed E-state index contributed by atoms with van der Waals surface area (Å²) in [4.78, 5) is 15.0. The maximum absolute atomic E-state index is 6.55. The van der Waals surface area contributed by atoms with Crippen LogP contribution in [-0.4, -0.2) is 74.4 Å². The van der Waals surface area contributed by atoms with Gasteiger partial charge >= 0.3 is 0 Å². The Labute approximate surface area is 707 Å². The largest absolute Gasteiger partial charge is 0.490 e. The van der Waals surface area contributed by atoms with E-state index in [1.54, 1.807) is 0 Å². The van der Waals surface area contributed by atoms with Gasteiger partial charge in [0.05, 0.1) is 59.5 Å². The van der Waals surface area contributed by atoms with E-state index in [4.69, 9.17) is 57.6 Å². The van der Waals surface area contributed by atoms with Crippen LogP contribution in [0.25, 0.3) is 72.9 Å². The topological polar surface area (TPSA) is 122 Å². The second-order valence-electron chi connectivity index (χ2n) is 31.1. The Morgan fingerprint density at radius 1 is 0.171 bits per heavy atom. The first kappa shape index (κ1) is 95.1. The van der Waals surface area contributed by atoms with E-state index in [9.17, 15) is 0 Å². The second kappa shape index (κ2) is 60.4. The van der Waals surface area contributed by atoms with E-state index in [1.807, 2.05) is 18.2 Å². The fraction of sp³-hybridized carbons (Fsp3) is 0.514. The van der Waals surface area contributed by atoms with Gasteiger partial charge in [0.25, 0.3) is 0 Å². The van der Waals surface area contributed by atoms with Crippen molar-refractivity contribution in [3.63, 3.8) is 0 Å². The first-order valence-corrected chi connectivity index (χ1v) is 46.0. The van der Waals surface area contributed by atoms with Gasteiger partial charge in [-0.15, -0.1) is 0 Å².